The summed E-state index contributed by atoms with van der Waals surface area (Å²) in [6.07, 6.45) is 3.64. The standard InChI is InChI=1S/C18H15FN2O2S/c1-24-15-8-4-12(5-9-15)10-16-17(22)21(18(23)20-16)11-13-2-6-14(19)7-3-13/h2-10H,11H2,1H3,(H,20,23)/b16-10-. The Kier molecular flexibility index (Phi) is 4.66. The van der Waals surface area contributed by atoms with Gasteiger partial charge in [0.15, 0.2) is 0 Å². The third-order valence-electron chi connectivity index (χ3n) is 3.64. The molecule has 0 bridgehead atoms. The van der Waals surface area contributed by atoms with E-state index in [9.17, 15) is 14.0 Å². The van der Waals surface area contributed by atoms with Gasteiger partial charge >= 0.3 is 6.03 Å². The average Bonchev–Trinajstić information content (AvgIpc) is 2.85. The maximum absolute atomic E-state index is 12.9. The SMILES string of the molecule is CSc1ccc(/C=C2\NC(=O)N(Cc3ccc(F)cc3)C2=O)cc1. The molecular weight excluding hydrogens is 327 g/mol. The second-order valence-corrected chi connectivity index (χ2v) is 6.16. The van der Waals surface area contributed by atoms with Gasteiger partial charge in [-0.25, -0.2) is 9.18 Å². The Bertz CT molecular complexity index is 801. The molecule has 1 saturated heterocycles. The normalized spacial score (nSPS) is 15.9. The Morgan fingerprint density at radius 1 is 1.08 bits per heavy atom. The van der Waals surface area contributed by atoms with E-state index in [1.165, 1.54) is 12.1 Å². The van der Waals surface area contributed by atoms with E-state index in [1.807, 2.05) is 30.5 Å². The molecule has 2 aromatic carbocycles. The smallest absolute Gasteiger partial charge is 0.303 e. The Hall–Kier alpha value is -2.60. The Balaban J connectivity index is 1.77. The molecule has 0 aromatic heterocycles. The largest absolute Gasteiger partial charge is 0.329 e. The van der Waals surface area contributed by atoms with Gasteiger partial charge in [0.25, 0.3) is 5.91 Å². The monoisotopic (exact) mass is 342 g/mol. The Morgan fingerprint density at radius 3 is 2.38 bits per heavy atom. The molecule has 1 aliphatic rings. The first-order chi connectivity index (χ1) is 11.6. The Morgan fingerprint density at radius 2 is 1.75 bits per heavy atom. The maximum atomic E-state index is 12.9. The van der Waals surface area contributed by atoms with Crippen LogP contribution in [0, 0.1) is 5.82 Å². The molecule has 1 N–H and O–H groups in total. The number of halogens is 1. The van der Waals surface area contributed by atoms with Gasteiger partial charge in [-0.2, -0.15) is 0 Å². The van der Waals surface area contributed by atoms with Gasteiger partial charge in [0.05, 0.1) is 6.54 Å². The molecule has 1 aliphatic heterocycles. The minimum atomic E-state index is -0.476. The zero-order valence-electron chi connectivity index (χ0n) is 13.0. The molecule has 24 heavy (non-hydrogen) atoms. The number of urea groups is 1. The van der Waals surface area contributed by atoms with Gasteiger partial charge in [0.2, 0.25) is 0 Å². The van der Waals surface area contributed by atoms with Crippen LogP contribution in [0.1, 0.15) is 11.1 Å². The van der Waals surface area contributed by atoms with Gasteiger partial charge in [-0.15, -0.1) is 11.8 Å². The van der Waals surface area contributed by atoms with E-state index < -0.39 is 11.9 Å². The second kappa shape index (κ2) is 6.88. The molecule has 3 rings (SSSR count). The van der Waals surface area contributed by atoms with E-state index in [-0.39, 0.29) is 18.1 Å². The van der Waals surface area contributed by atoms with Crippen LogP contribution < -0.4 is 5.32 Å². The van der Waals surface area contributed by atoms with E-state index in [0.29, 0.717) is 5.56 Å². The van der Waals surface area contributed by atoms with E-state index in [0.717, 1.165) is 15.4 Å². The number of nitrogens with one attached hydrogen (secondary N) is 1. The molecule has 2 aromatic rings. The number of carbonyl (C=O) groups excluding carboxylic acids is 2. The minimum Gasteiger partial charge on any atom is -0.303 e. The van der Waals surface area contributed by atoms with E-state index >= 15 is 0 Å². The maximum Gasteiger partial charge on any atom is 0.329 e. The van der Waals surface area contributed by atoms with Crippen molar-refractivity contribution in [1.82, 2.24) is 10.2 Å². The van der Waals surface area contributed by atoms with Crippen molar-refractivity contribution in [2.45, 2.75) is 11.4 Å². The molecule has 1 fully saturated rings. The third kappa shape index (κ3) is 3.49. The molecule has 122 valence electrons. The second-order valence-electron chi connectivity index (χ2n) is 5.28. The van der Waals surface area contributed by atoms with Crippen molar-refractivity contribution in [3.05, 3.63) is 71.2 Å². The van der Waals surface area contributed by atoms with Gasteiger partial charge in [0.1, 0.15) is 11.5 Å². The third-order valence-corrected chi connectivity index (χ3v) is 4.39. The number of hydrogen-bond donors (Lipinski definition) is 1. The number of nitrogens with zero attached hydrogens (tertiary/aromatic N) is 1. The van der Waals surface area contributed by atoms with Gasteiger partial charge in [0, 0.05) is 4.90 Å². The van der Waals surface area contributed by atoms with Crippen molar-refractivity contribution in [2.75, 3.05) is 6.26 Å². The quantitative estimate of drug-likeness (QED) is 0.524. The Labute approximate surface area is 143 Å². The number of benzene rings is 2. The molecule has 0 aliphatic carbocycles. The molecular formula is C18H15FN2O2S. The van der Waals surface area contributed by atoms with Crippen LogP contribution in [0.4, 0.5) is 9.18 Å². The fourth-order valence-corrected chi connectivity index (χ4v) is 2.76. The number of imide groups is 1. The van der Waals surface area contributed by atoms with Crippen LogP contribution in [0.15, 0.2) is 59.1 Å². The summed E-state index contributed by atoms with van der Waals surface area (Å²) < 4.78 is 12.9. The van der Waals surface area contributed by atoms with Gasteiger partial charge in [-0.3, -0.25) is 9.69 Å². The highest BCUT2D eigenvalue weighted by atomic mass is 32.2. The fourth-order valence-electron chi connectivity index (χ4n) is 2.35. The predicted octanol–water partition coefficient (Wildman–Crippen LogP) is 3.64. The molecule has 0 saturated carbocycles. The molecule has 6 heteroatoms. The lowest BCUT2D eigenvalue weighted by atomic mass is 10.2. The van der Waals surface area contributed by atoms with Crippen molar-refractivity contribution in [3.63, 3.8) is 0 Å². The van der Waals surface area contributed by atoms with Crippen LogP contribution in [-0.4, -0.2) is 23.1 Å². The van der Waals surface area contributed by atoms with Crippen LogP contribution >= 0.6 is 11.8 Å². The highest BCUT2D eigenvalue weighted by molar-refractivity contribution is 7.98. The lowest BCUT2D eigenvalue weighted by Crippen LogP contribution is -2.30. The molecule has 4 nitrogen and oxygen atoms in total. The summed E-state index contributed by atoms with van der Waals surface area (Å²) in [5.74, 6) is -0.747. The van der Waals surface area contributed by atoms with Crippen LogP contribution in [0.25, 0.3) is 6.08 Å². The van der Waals surface area contributed by atoms with E-state index in [4.69, 9.17) is 0 Å². The summed E-state index contributed by atoms with van der Waals surface area (Å²) in [7, 11) is 0. The molecule has 1 heterocycles. The highest BCUT2D eigenvalue weighted by Gasteiger charge is 2.33. The number of rotatable bonds is 4. The molecule has 0 atom stereocenters. The van der Waals surface area contributed by atoms with Crippen LogP contribution in [0.2, 0.25) is 0 Å². The topological polar surface area (TPSA) is 49.4 Å². The molecule has 3 amide bonds. The molecule has 0 spiro atoms. The zero-order chi connectivity index (χ0) is 17.1. The first kappa shape index (κ1) is 16.3. The van der Waals surface area contributed by atoms with Crippen LogP contribution in [-0.2, 0) is 11.3 Å². The van der Waals surface area contributed by atoms with Crippen molar-refractivity contribution < 1.29 is 14.0 Å². The molecule has 0 radical (unpaired) electrons. The summed E-state index contributed by atoms with van der Waals surface area (Å²) in [5.41, 5.74) is 1.75. The van der Waals surface area contributed by atoms with Crippen LogP contribution in [0.3, 0.4) is 0 Å². The summed E-state index contributed by atoms with van der Waals surface area (Å²) in [4.78, 5) is 26.7. The number of amides is 3. The lowest BCUT2D eigenvalue weighted by molar-refractivity contribution is -0.123. The molecule has 0 unspecified atom stereocenters. The number of hydrogen-bond acceptors (Lipinski definition) is 3. The zero-order valence-corrected chi connectivity index (χ0v) is 13.8. The van der Waals surface area contributed by atoms with Crippen molar-refractivity contribution in [2.24, 2.45) is 0 Å². The van der Waals surface area contributed by atoms with Crippen molar-refractivity contribution in [1.29, 1.82) is 0 Å². The minimum absolute atomic E-state index is 0.105. The number of carbonyl (C=O) groups is 2. The average molecular weight is 342 g/mol. The lowest BCUT2D eigenvalue weighted by Gasteiger charge is -2.11. The first-order valence-electron chi connectivity index (χ1n) is 7.30. The van der Waals surface area contributed by atoms with Gasteiger partial charge < -0.3 is 5.32 Å². The van der Waals surface area contributed by atoms with Crippen LogP contribution in [0.5, 0.6) is 0 Å². The highest BCUT2D eigenvalue weighted by Crippen LogP contribution is 2.19. The summed E-state index contributed by atoms with van der Waals surface area (Å²) >= 11 is 1.63. The van der Waals surface area contributed by atoms with E-state index in [1.54, 1.807) is 30.0 Å². The van der Waals surface area contributed by atoms with Crippen molar-refractivity contribution >= 4 is 29.8 Å². The van der Waals surface area contributed by atoms with Crippen molar-refractivity contribution in [3.8, 4) is 0 Å². The predicted molar refractivity (Wildman–Crippen MR) is 91.7 cm³/mol. The summed E-state index contributed by atoms with van der Waals surface area (Å²) in [5, 5.41) is 2.58. The van der Waals surface area contributed by atoms with E-state index in [2.05, 4.69) is 5.32 Å². The van der Waals surface area contributed by atoms with Gasteiger partial charge in [-0.05, 0) is 47.7 Å². The summed E-state index contributed by atoms with van der Waals surface area (Å²) in [6, 6.07) is 12.9. The summed E-state index contributed by atoms with van der Waals surface area (Å²) in [6.45, 7) is 0.105. The number of thioether (sulfide) groups is 1. The first-order valence-corrected chi connectivity index (χ1v) is 8.52. The fraction of sp³-hybridized carbons (Fsp3) is 0.111. The van der Waals surface area contributed by atoms with Gasteiger partial charge in [-0.1, -0.05) is 24.3 Å².